The van der Waals surface area contributed by atoms with Gasteiger partial charge in [-0.3, -0.25) is 14.4 Å². The quantitative estimate of drug-likeness (QED) is 0.221. The van der Waals surface area contributed by atoms with Gasteiger partial charge < -0.3 is 28.8 Å². The lowest BCUT2D eigenvalue weighted by molar-refractivity contribution is -0.149. The van der Waals surface area contributed by atoms with Crippen LogP contribution in [0.3, 0.4) is 0 Å². The highest BCUT2D eigenvalue weighted by Crippen LogP contribution is 2.30. The number of ether oxygens (including phenoxy) is 5. The van der Waals surface area contributed by atoms with Crippen LogP contribution >= 0.6 is 0 Å². The molecule has 0 aromatic heterocycles. The average Bonchev–Trinajstić information content (AvgIpc) is 3.87. The lowest BCUT2D eigenvalue weighted by Crippen LogP contribution is -2.18. The Morgan fingerprint density at radius 1 is 0.640 bits per heavy atom. The zero-order valence-electron chi connectivity index (χ0n) is 34.8. The molecule has 3 unspecified atom stereocenters. The maximum atomic E-state index is 10.5. The molecule has 1 saturated carbocycles. The van der Waals surface area contributed by atoms with Crippen molar-refractivity contribution in [2.45, 2.75) is 198 Å². The van der Waals surface area contributed by atoms with Crippen LogP contribution < -0.4 is 0 Å². The molecule has 10 nitrogen and oxygen atoms in total. The minimum absolute atomic E-state index is 0.00231. The van der Waals surface area contributed by atoms with E-state index in [0.29, 0.717) is 50.9 Å². The Balaban J connectivity index is -0.000000252. The molecule has 0 bridgehead atoms. The Bertz CT molecular complexity index is 766. The lowest BCUT2D eigenvalue weighted by atomic mass is 9.81. The van der Waals surface area contributed by atoms with Crippen molar-refractivity contribution in [1.82, 2.24) is 0 Å². The minimum atomic E-state index is -0.531. The summed E-state index contributed by atoms with van der Waals surface area (Å²) in [6.07, 6.45) is 12.7. The van der Waals surface area contributed by atoms with E-state index in [9.17, 15) is 19.2 Å². The van der Waals surface area contributed by atoms with Crippen molar-refractivity contribution in [2.75, 3.05) is 19.8 Å². The Morgan fingerprint density at radius 3 is 1.42 bits per heavy atom. The van der Waals surface area contributed by atoms with E-state index in [1.165, 1.54) is 32.1 Å². The molecule has 4 saturated heterocycles. The van der Waals surface area contributed by atoms with Crippen LogP contribution in [0.15, 0.2) is 0 Å². The van der Waals surface area contributed by atoms with Gasteiger partial charge in [0.1, 0.15) is 24.4 Å². The summed E-state index contributed by atoms with van der Waals surface area (Å²) in [5.41, 5.74) is -0.183. The third-order valence-electron chi connectivity index (χ3n) is 8.04. The van der Waals surface area contributed by atoms with Crippen LogP contribution in [-0.2, 0) is 38.1 Å². The fraction of sp³-hybridized carbons (Fsp3) is 0.900. The second kappa shape index (κ2) is 36.4. The molecular formula is C40H80O10. The average molecular weight is 721 g/mol. The van der Waals surface area contributed by atoms with Crippen LogP contribution in [0.2, 0.25) is 0 Å². The highest BCUT2D eigenvalue weighted by Gasteiger charge is 2.30. The maximum absolute atomic E-state index is 10.5. The number of carbonyl (C=O) groups excluding carboxylic acids is 4. The number of carbonyl (C=O) groups is 4. The first-order chi connectivity index (χ1) is 23.9. The molecule has 50 heavy (non-hydrogen) atoms. The number of aliphatic hydroxyl groups is 1. The largest absolute Gasteiger partial charge is 0.508 e. The highest BCUT2D eigenvalue weighted by atomic mass is 16.8. The normalized spacial score (nSPS) is 25.0. The van der Waals surface area contributed by atoms with E-state index in [-0.39, 0.29) is 35.7 Å². The molecule has 0 radical (unpaired) electrons. The molecule has 4 aliphatic heterocycles. The van der Waals surface area contributed by atoms with Crippen molar-refractivity contribution in [3.63, 3.8) is 0 Å². The molecule has 0 spiro atoms. The van der Waals surface area contributed by atoms with Gasteiger partial charge in [-0.25, -0.2) is 4.79 Å². The smallest absolute Gasteiger partial charge is 0.466 e. The molecule has 1 aliphatic carbocycles. The van der Waals surface area contributed by atoms with Crippen molar-refractivity contribution in [3.05, 3.63) is 0 Å². The Kier molecular flexibility index (Phi) is 39.6. The van der Waals surface area contributed by atoms with Crippen LogP contribution in [0.25, 0.3) is 0 Å². The van der Waals surface area contributed by atoms with Crippen molar-refractivity contribution >= 4 is 24.1 Å². The van der Waals surface area contributed by atoms with Gasteiger partial charge in [0.05, 0.1) is 6.61 Å². The molecule has 0 aromatic rings. The Morgan fingerprint density at radius 2 is 1.18 bits per heavy atom. The van der Waals surface area contributed by atoms with Crippen LogP contribution in [0.4, 0.5) is 4.79 Å². The molecule has 0 aromatic carbocycles. The second-order valence-electron chi connectivity index (χ2n) is 12.3. The first kappa shape index (κ1) is 54.4. The standard InChI is InChI=1S/C9H18O.3C6H10O2.C5H8O3.4C2H6/c1-2-8-3-5-9(7-10)6-4-8;1-6(2)4-3-5(7)8-6;1-5-2-3-8-6(7)4-5;1-2-5-3-4-6(7)8-5;1-2-4-3-7-5(6)8-4;4*1-2/h8-10H,2-7H2,1H3;3-4H2,1-2H3;2*5H,2-4H2,1H3;4H,2-3H2,1H3;4*1-2H3. The SMILES string of the molecule is CC.CC.CC.CC.CC1(C)CCC(=O)O1.CC1CCOC(=O)C1.CCC1CCC(=O)O1.CCC1CCC(CO)CC1.CCC1COC(=O)O1. The molecular weight excluding hydrogens is 640 g/mol. The zero-order valence-corrected chi connectivity index (χ0v) is 34.8. The first-order valence-corrected chi connectivity index (χ1v) is 19.9. The van der Waals surface area contributed by atoms with Crippen LogP contribution in [-0.4, -0.2) is 66.8 Å². The fourth-order valence-corrected chi connectivity index (χ4v) is 4.89. The fourth-order valence-electron chi connectivity index (χ4n) is 4.89. The number of esters is 3. The summed E-state index contributed by atoms with van der Waals surface area (Å²) in [7, 11) is 0. The van der Waals surface area contributed by atoms with E-state index in [1.54, 1.807) is 0 Å². The minimum Gasteiger partial charge on any atom is -0.466 e. The lowest BCUT2D eigenvalue weighted by Gasteiger charge is -2.26. The van der Waals surface area contributed by atoms with Crippen molar-refractivity contribution in [3.8, 4) is 0 Å². The van der Waals surface area contributed by atoms with Gasteiger partial charge in [0.15, 0.2) is 0 Å². The molecule has 5 rings (SSSR count). The summed E-state index contributed by atoms with van der Waals surface area (Å²) in [6.45, 7) is 29.6. The summed E-state index contributed by atoms with van der Waals surface area (Å²) in [6, 6.07) is 0. The van der Waals surface area contributed by atoms with Crippen molar-refractivity contribution in [2.24, 2.45) is 17.8 Å². The van der Waals surface area contributed by atoms with Gasteiger partial charge in [-0.05, 0) is 76.5 Å². The van der Waals surface area contributed by atoms with E-state index in [2.05, 4.69) is 23.3 Å². The molecule has 5 fully saturated rings. The third kappa shape index (κ3) is 30.5. The number of rotatable bonds is 4. The Labute approximate surface area is 307 Å². The zero-order chi connectivity index (χ0) is 39.5. The molecule has 4 heterocycles. The molecule has 10 heteroatoms. The van der Waals surface area contributed by atoms with Crippen molar-refractivity contribution < 1.29 is 48.0 Å². The number of hydrogen-bond acceptors (Lipinski definition) is 10. The van der Waals surface area contributed by atoms with Gasteiger partial charge in [-0.15, -0.1) is 0 Å². The molecule has 1 N–H and O–H groups in total. The number of hydrogen-bond donors (Lipinski definition) is 1. The molecule has 0 amide bonds. The molecule has 5 aliphatic rings. The van der Waals surface area contributed by atoms with E-state index in [4.69, 9.17) is 19.3 Å². The van der Waals surface area contributed by atoms with Gasteiger partial charge in [0, 0.05) is 25.9 Å². The van der Waals surface area contributed by atoms with Crippen LogP contribution in [0.5, 0.6) is 0 Å². The summed E-state index contributed by atoms with van der Waals surface area (Å²) < 4.78 is 23.6. The monoisotopic (exact) mass is 721 g/mol. The van der Waals surface area contributed by atoms with Crippen LogP contribution in [0.1, 0.15) is 180 Å². The van der Waals surface area contributed by atoms with Gasteiger partial charge >= 0.3 is 24.1 Å². The maximum Gasteiger partial charge on any atom is 0.508 e. The first-order valence-electron chi connectivity index (χ1n) is 19.9. The van der Waals surface area contributed by atoms with E-state index in [1.807, 2.05) is 83.1 Å². The van der Waals surface area contributed by atoms with E-state index in [0.717, 1.165) is 38.0 Å². The van der Waals surface area contributed by atoms with Gasteiger partial charge in [0.2, 0.25) is 0 Å². The molecule has 300 valence electrons. The van der Waals surface area contributed by atoms with Gasteiger partial charge in [0.25, 0.3) is 0 Å². The number of cyclic esters (lactones) is 5. The van der Waals surface area contributed by atoms with Gasteiger partial charge in [-0.1, -0.05) is 102 Å². The van der Waals surface area contributed by atoms with Gasteiger partial charge in [-0.2, -0.15) is 0 Å². The summed E-state index contributed by atoms with van der Waals surface area (Å²) in [4.78, 5) is 41.4. The molecule has 3 atom stereocenters. The van der Waals surface area contributed by atoms with E-state index < -0.39 is 6.16 Å². The predicted octanol–water partition coefficient (Wildman–Crippen LogP) is 10.4. The number of aliphatic hydroxyl groups excluding tert-OH is 1. The topological polar surface area (TPSA) is 135 Å². The predicted molar refractivity (Wildman–Crippen MR) is 203 cm³/mol. The Hall–Kier alpha value is -2.36. The third-order valence-corrected chi connectivity index (χ3v) is 8.04. The van der Waals surface area contributed by atoms with Crippen molar-refractivity contribution in [1.29, 1.82) is 0 Å². The van der Waals surface area contributed by atoms with E-state index >= 15 is 0 Å². The highest BCUT2D eigenvalue weighted by molar-refractivity contribution is 5.72. The summed E-state index contributed by atoms with van der Waals surface area (Å²) in [5, 5.41) is 8.85. The summed E-state index contributed by atoms with van der Waals surface area (Å²) in [5.74, 6) is 2.00. The van der Waals surface area contributed by atoms with Crippen LogP contribution in [0, 0.1) is 17.8 Å². The summed E-state index contributed by atoms with van der Waals surface area (Å²) >= 11 is 0. The second-order valence-corrected chi connectivity index (χ2v) is 12.3.